The maximum Gasteiger partial charge on any atom is 0.305 e. The molecule has 0 aromatic rings. The van der Waals surface area contributed by atoms with Crippen LogP contribution in [0.25, 0.3) is 0 Å². The molecule has 78 valence electrons. The zero-order chi connectivity index (χ0) is 10.3. The van der Waals surface area contributed by atoms with Crippen LogP contribution in [0, 0.1) is 5.41 Å². The number of hydrogen-bond acceptors (Lipinski definition) is 2. The van der Waals surface area contributed by atoms with Gasteiger partial charge in [-0.25, -0.2) is 0 Å². The summed E-state index contributed by atoms with van der Waals surface area (Å²) in [6, 6.07) is 0. The summed E-state index contributed by atoms with van der Waals surface area (Å²) in [5, 5.41) is 0. The molecular formula is C11H22O2. The first-order chi connectivity index (χ1) is 5.95. The van der Waals surface area contributed by atoms with E-state index in [2.05, 4.69) is 20.8 Å². The Balaban J connectivity index is 3.37. The molecule has 0 unspecified atom stereocenters. The van der Waals surface area contributed by atoms with Gasteiger partial charge in [-0.3, -0.25) is 4.79 Å². The van der Waals surface area contributed by atoms with E-state index < -0.39 is 0 Å². The Labute approximate surface area is 81.7 Å². The van der Waals surface area contributed by atoms with Crippen molar-refractivity contribution in [1.29, 1.82) is 0 Å². The van der Waals surface area contributed by atoms with Crippen molar-refractivity contribution in [1.82, 2.24) is 0 Å². The van der Waals surface area contributed by atoms with Gasteiger partial charge in [0.05, 0.1) is 6.61 Å². The summed E-state index contributed by atoms with van der Waals surface area (Å²) >= 11 is 0. The smallest absolute Gasteiger partial charge is 0.305 e. The van der Waals surface area contributed by atoms with Gasteiger partial charge in [0.2, 0.25) is 0 Å². The Hall–Kier alpha value is -0.530. The van der Waals surface area contributed by atoms with Crippen molar-refractivity contribution >= 4 is 5.97 Å². The minimum absolute atomic E-state index is 0.0499. The summed E-state index contributed by atoms with van der Waals surface area (Å²) in [6.45, 7) is 9.12. The van der Waals surface area contributed by atoms with Gasteiger partial charge in [0, 0.05) is 6.42 Å². The molecule has 0 aromatic carbocycles. The van der Waals surface area contributed by atoms with Crippen LogP contribution in [0.2, 0.25) is 0 Å². The van der Waals surface area contributed by atoms with Gasteiger partial charge < -0.3 is 4.74 Å². The highest BCUT2D eigenvalue weighted by molar-refractivity contribution is 5.69. The van der Waals surface area contributed by atoms with Gasteiger partial charge in [0.15, 0.2) is 0 Å². The second kappa shape index (κ2) is 6.01. The Morgan fingerprint density at radius 1 is 1.31 bits per heavy atom. The minimum atomic E-state index is -0.0499. The van der Waals surface area contributed by atoms with Crippen LogP contribution in [0.15, 0.2) is 0 Å². The summed E-state index contributed by atoms with van der Waals surface area (Å²) < 4.78 is 4.97. The monoisotopic (exact) mass is 186 g/mol. The predicted molar refractivity (Wildman–Crippen MR) is 54.6 cm³/mol. The molecule has 2 heteroatoms. The fraction of sp³-hybridized carbons (Fsp3) is 0.909. The third-order valence-corrected chi connectivity index (χ3v) is 1.77. The molecule has 0 aromatic heterocycles. The van der Waals surface area contributed by atoms with E-state index in [0.717, 1.165) is 19.3 Å². The van der Waals surface area contributed by atoms with Crippen LogP contribution in [-0.4, -0.2) is 12.6 Å². The number of carbonyl (C=O) groups is 1. The Morgan fingerprint density at radius 3 is 2.38 bits per heavy atom. The van der Waals surface area contributed by atoms with E-state index in [1.165, 1.54) is 0 Å². The van der Waals surface area contributed by atoms with Gasteiger partial charge >= 0.3 is 5.97 Å². The maximum absolute atomic E-state index is 11.1. The number of esters is 1. The van der Waals surface area contributed by atoms with Crippen LogP contribution >= 0.6 is 0 Å². The first-order valence-electron chi connectivity index (χ1n) is 5.11. The molecule has 0 fully saturated rings. The number of hydrogen-bond donors (Lipinski definition) is 0. The molecule has 0 atom stereocenters. The van der Waals surface area contributed by atoms with Gasteiger partial charge in [0.1, 0.15) is 0 Å². The molecule has 13 heavy (non-hydrogen) atoms. The lowest BCUT2D eigenvalue weighted by Gasteiger charge is -2.17. The standard InChI is InChI=1S/C11H22O2/c1-5-9-13-10(12)7-6-8-11(2,3)4/h5-9H2,1-4H3. The molecule has 0 aliphatic carbocycles. The van der Waals surface area contributed by atoms with Gasteiger partial charge in [-0.05, 0) is 24.7 Å². The van der Waals surface area contributed by atoms with E-state index in [9.17, 15) is 4.79 Å². The highest BCUT2D eigenvalue weighted by Crippen LogP contribution is 2.21. The van der Waals surface area contributed by atoms with Crippen LogP contribution in [0.1, 0.15) is 53.4 Å². The summed E-state index contributed by atoms with van der Waals surface area (Å²) in [5.74, 6) is -0.0499. The fourth-order valence-corrected chi connectivity index (χ4v) is 1.05. The van der Waals surface area contributed by atoms with E-state index in [-0.39, 0.29) is 5.97 Å². The average Bonchev–Trinajstić information content (AvgIpc) is 1.98. The van der Waals surface area contributed by atoms with Crippen molar-refractivity contribution in [3.05, 3.63) is 0 Å². The number of carbonyl (C=O) groups excluding carboxylic acids is 1. The molecule has 0 bridgehead atoms. The van der Waals surface area contributed by atoms with Crippen LogP contribution in [-0.2, 0) is 9.53 Å². The summed E-state index contributed by atoms with van der Waals surface area (Å²) in [7, 11) is 0. The average molecular weight is 186 g/mol. The van der Waals surface area contributed by atoms with Gasteiger partial charge in [-0.15, -0.1) is 0 Å². The molecule has 0 saturated heterocycles. The van der Waals surface area contributed by atoms with E-state index in [4.69, 9.17) is 4.74 Å². The lowest BCUT2D eigenvalue weighted by Crippen LogP contribution is -2.09. The first-order valence-corrected chi connectivity index (χ1v) is 5.11. The largest absolute Gasteiger partial charge is 0.466 e. The SMILES string of the molecule is CCCOC(=O)CCCC(C)(C)C. The summed E-state index contributed by atoms with van der Waals surface area (Å²) in [4.78, 5) is 11.1. The van der Waals surface area contributed by atoms with E-state index >= 15 is 0 Å². The quantitative estimate of drug-likeness (QED) is 0.616. The maximum atomic E-state index is 11.1. The lowest BCUT2D eigenvalue weighted by atomic mass is 9.90. The summed E-state index contributed by atoms with van der Waals surface area (Å²) in [5.41, 5.74) is 0.324. The van der Waals surface area contributed by atoms with Crippen LogP contribution < -0.4 is 0 Å². The van der Waals surface area contributed by atoms with E-state index in [1.807, 2.05) is 6.92 Å². The van der Waals surface area contributed by atoms with Crippen molar-refractivity contribution in [3.8, 4) is 0 Å². The van der Waals surface area contributed by atoms with Crippen LogP contribution in [0.3, 0.4) is 0 Å². The minimum Gasteiger partial charge on any atom is -0.466 e. The van der Waals surface area contributed by atoms with Gasteiger partial charge in [-0.1, -0.05) is 27.7 Å². The molecule has 0 N–H and O–H groups in total. The van der Waals surface area contributed by atoms with Crippen molar-refractivity contribution < 1.29 is 9.53 Å². The zero-order valence-electron chi connectivity index (χ0n) is 9.35. The summed E-state index contributed by atoms with van der Waals surface area (Å²) in [6.07, 6.45) is 3.49. The molecule has 0 radical (unpaired) electrons. The molecular weight excluding hydrogens is 164 g/mol. The van der Waals surface area contributed by atoms with Crippen molar-refractivity contribution in [2.45, 2.75) is 53.4 Å². The number of rotatable bonds is 5. The first kappa shape index (κ1) is 12.5. The second-order valence-corrected chi connectivity index (χ2v) is 4.63. The highest BCUT2D eigenvalue weighted by atomic mass is 16.5. The zero-order valence-corrected chi connectivity index (χ0v) is 9.35. The number of ether oxygens (including phenoxy) is 1. The third-order valence-electron chi connectivity index (χ3n) is 1.77. The molecule has 2 nitrogen and oxygen atoms in total. The molecule has 0 aliphatic heterocycles. The third kappa shape index (κ3) is 9.38. The fourth-order valence-electron chi connectivity index (χ4n) is 1.05. The van der Waals surface area contributed by atoms with E-state index in [1.54, 1.807) is 0 Å². The van der Waals surface area contributed by atoms with Gasteiger partial charge in [0.25, 0.3) is 0 Å². The van der Waals surface area contributed by atoms with Crippen LogP contribution in [0.4, 0.5) is 0 Å². The Kier molecular flexibility index (Phi) is 5.76. The molecule has 0 heterocycles. The molecule has 0 rings (SSSR count). The van der Waals surface area contributed by atoms with Crippen molar-refractivity contribution in [2.24, 2.45) is 5.41 Å². The molecule has 0 amide bonds. The Morgan fingerprint density at radius 2 is 1.92 bits per heavy atom. The Bertz CT molecular complexity index is 145. The highest BCUT2D eigenvalue weighted by Gasteiger charge is 2.11. The lowest BCUT2D eigenvalue weighted by molar-refractivity contribution is -0.143. The van der Waals surface area contributed by atoms with Gasteiger partial charge in [-0.2, -0.15) is 0 Å². The van der Waals surface area contributed by atoms with E-state index in [0.29, 0.717) is 18.4 Å². The van der Waals surface area contributed by atoms with Crippen molar-refractivity contribution in [3.63, 3.8) is 0 Å². The second-order valence-electron chi connectivity index (χ2n) is 4.63. The van der Waals surface area contributed by atoms with Crippen LogP contribution in [0.5, 0.6) is 0 Å². The van der Waals surface area contributed by atoms with Crippen molar-refractivity contribution in [2.75, 3.05) is 6.61 Å². The molecule has 0 aliphatic rings. The molecule has 0 saturated carbocycles. The topological polar surface area (TPSA) is 26.3 Å². The predicted octanol–water partition coefficient (Wildman–Crippen LogP) is 3.16. The normalized spacial score (nSPS) is 11.4. The molecule has 0 spiro atoms.